The maximum atomic E-state index is 13.6. The monoisotopic (exact) mass is 535 g/mol. The summed E-state index contributed by atoms with van der Waals surface area (Å²) < 4.78 is 35.3. The predicted molar refractivity (Wildman–Crippen MR) is 116 cm³/mol. The third kappa shape index (κ3) is 10.3. The van der Waals surface area contributed by atoms with E-state index in [2.05, 4.69) is 26.0 Å². The van der Waals surface area contributed by atoms with Crippen LogP contribution in [0.5, 0.6) is 0 Å². The Hall–Kier alpha value is -2.34. The summed E-state index contributed by atoms with van der Waals surface area (Å²) in [6.45, 7) is 4.61. The van der Waals surface area contributed by atoms with Crippen LogP contribution < -0.4 is 0 Å². The molecule has 0 radical (unpaired) electrons. The molecule has 0 spiro atoms. The van der Waals surface area contributed by atoms with Crippen molar-refractivity contribution in [3.8, 4) is 0 Å². The summed E-state index contributed by atoms with van der Waals surface area (Å²) in [5.74, 6) is -2.28. The van der Waals surface area contributed by atoms with Crippen molar-refractivity contribution in [1.82, 2.24) is 0 Å². The molecule has 0 saturated carbocycles. The average Bonchev–Trinajstić information content (AvgIpc) is 2.69. The lowest BCUT2D eigenvalue weighted by atomic mass is 10.2. The number of carbonyl (C=O) groups is 3. The zero-order chi connectivity index (χ0) is 24.3. The number of azide groups is 1. The molecule has 1 aromatic rings. The van der Waals surface area contributed by atoms with Crippen LogP contribution in [-0.4, -0.2) is 54.8 Å². The van der Waals surface area contributed by atoms with Crippen molar-refractivity contribution in [2.24, 2.45) is 5.11 Å². The first kappa shape index (κ1) is 27.7. The van der Waals surface area contributed by atoms with Gasteiger partial charge in [0, 0.05) is 30.6 Å². The molecule has 176 valence electrons. The first-order valence-electron chi connectivity index (χ1n) is 9.29. The van der Waals surface area contributed by atoms with Crippen molar-refractivity contribution in [2.75, 3.05) is 13.2 Å². The maximum Gasteiger partial charge on any atom is 0.303 e. The summed E-state index contributed by atoms with van der Waals surface area (Å²) >= 11 is 4.15. The molecule has 32 heavy (non-hydrogen) atoms. The number of hydrogen-bond acceptors (Lipinski definition) is 9. The number of thioether (sulfide) groups is 1. The Morgan fingerprint density at radius 3 is 2.34 bits per heavy atom. The Kier molecular flexibility index (Phi) is 12.1. The van der Waals surface area contributed by atoms with Gasteiger partial charge in [-0.2, -0.15) is 0 Å². The minimum absolute atomic E-state index is 0.199. The quantitative estimate of drug-likeness (QED) is 0.0739. The summed E-state index contributed by atoms with van der Waals surface area (Å²) in [6.07, 6.45) is -2.85. The lowest BCUT2D eigenvalue weighted by Crippen LogP contribution is -2.42. The van der Waals surface area contributed by atoms with Crippen molar-refractivity contribution < 1.29 is 37.7 Å². The van der Waals surface area contributed by atoms with E-state index in [1.807, 2.05) is 0 Å². The van der Waals surface area contributed by atoms with Gasteiger partial charge in [-0.1, -0.05) is 16.9 Å². The molecule has 0 heterocycles. The number of hydrogen-bond donors (Lipinski definition) is 0. The zero-order valence-electron chi connectivity index (χ0n) is 17.8. The fourth-order valence-corrected chi connectivity index (χ4v) is 4.00. The van der Waals surface area contributed by atoms with Crippen molar-refractivity contribution in [1.29, 1.82) is 0 Å². The van der Waals surface area contributed by atoms with Crippen LogP contribution in [0.1, 0.15) is 27.7 Å². The molecule has 0 aromatic heterocycles. The molecule has 0 N–H and O–H groups in total. The molecular formula is C19H23BrFN3O7S. The summed E-state index contributed by atoms with van der Waals surface area (Å²) in [5.41, 5.74) is 7.71. The highest BCUT2D eigenvalue weighted by Crippen LogP contribution is 2.32. The summed E-state index contributed by atoms with van der Waals surface area (Å²) in [7, 11) is 0. The van der Waals surface area contributed by atoms with Gasteiger partial charge in [-0.3, -0.25) is 14.4 Å². The van der Waals surface area contributed by atoms with Crippen LogP contribution in [0.2, 0.25) is 0 Å². The molecular weight excluding hydrogens is 513 g/mol. The van der Waals surface area contributed by atoms with Gasteiger partial charge in [0.05, 0.1) is 11.0 Å². The van der Waals surface area contributed by atoms with Crippen molar-refractivity contribution in [3.05, 3.63) is 38.9 Å². The molecule has 0 aliphatic rings. The molecule has 0 bridgehead atoms. The molecule has 4 atom stereocenters. The van der Waals surface area contributed by atoms with Crippen LogP contribution in [0, 0.1) is 5.82 Å². The number of carbonyl (C=O) groups excluding carboxylic acids is 3. The normalized spacial score (nSPS) is 14.3. The highest BCUT2D eigenvalue weighted by Gasteiger charge is 2.33. The molecule has 10 nitrogen and oxygen atoms in total. The van der Waals surface area contributed by atoms with Gasteiger partial charge in [0.25, 0.3) is 0 Å². The van der Waals surface area contributed by atoms with Gasteiger partial charge in [0.1, 0.15) is 36.2 Å². The highest BCUT2D eigenvalue weighted by molar-refractivity contribution is 9.10. The fourth-order valence-electron chi connectivity index (χ4n) is 2.38. The number of nitrogens with zero attached hydrogens (tertiary/aromatic N) is 3. The molecule has 13 heteroatoms. The highest BCUT2D eigenvalue weighted by atomic mass is 79.9. The number of benzene rings is 1. The average molecular weight is 536 g/mol. The SMILES string of the molecule is CC(=O)OCC(O[C@H](Sc1ccc(F)c(Br)c1)[C@@H](CN=[N+]=[N-])OC(C)=O)[C@@H](C)OC(C)=O. The summed E-state index contributed by atoms with van der Waals surface area (Å²) in [5, 5.41) is 3.46. The number of esters is 3. The molecule has 1 rings (SSSR count). The van der Waals surface area contributed by atoms with E-state index in [4.69, 9.17) is 24.5 Å². The standard InChI is InChI=1S/C19H23BrFN3O7S/c1-10(29-12(3)26)18(9-28-11(2)25)31-19(17(8-23-24-22)30-13(4)27)32-14-5-6-16(21)15(20)7-14/h5-7,10,17-19H,8-9H2,1-4H3/t10-,17-,18?,19-/m1/s1. The van der Waals surface area contributed by atoms with Gasteiger partial charge in [-0.05, 0) is 46.6 Å². The van der Waals surface area contributed by atoms with E-state index in [9.17, 15) is 18.8 Å². The second-order valence-corrected chi connectivity index (χ2v) is 8.44. The van der Waals surface area contributed by atoms with E-state index in [0.717, 1.165) is 11.8 Å². The molecule has 0 aliphatic carbocycles. The zero-order valence-corrected chi connectivity index (χ0v) is 20.2. The first-order valence-corrected chi connectivity index (χ1v) is 11.0. The van der Waals surface area contributed by atoms with Crippen LogP contribution in [0.3, 0.4) is 0 Å². The molecule has 0 saturated heterocycles. The Balaban J connectivity index is 3.28. The number of rotatable bonds is 12. The molecule has 0 aliphatic heterocycles. The van der Waals surface area contributed by atoms with Crippen molar-refractivity contribution in [3.63, 3.8) is 0 Å². The van der Waals surface area contributed by atoms with Gasteiger partial charge in [0.2, 0.25) is 0 Å². The van der Waals surface area contributed by atoms with Crippen molar-refractivity contribution in [2.45, 2.75) is 56.3 Å². The molecule has 1 aromatic carbocycles. The van der Waals surface area contributed by atoms with Crippen LogP contribution in [0.4, 0.5) is 4.39 Å². The largest absolute Gasteiger partial charge is 0.463 e. The molecule has 0 amide bonds. The van der Waals surface area contributed by atoms with E-state index in [-0.39, 0.29) is 17.6 Å². The molecule has 1 unspecified atom stereocenters. The number of halogens is 2. The molecule has 0 fully saturated rings. The van der Waals surface area contributed by atoms with E-state index in [1.165, 1.54) is 39.0 Å². The fraction of sp³-hybridized carbons (Fsp3) is 0.526. The Morgan fingerprint density at radius 1 is 1.16 bits per heavy atom. The minimum atomic E-state index is -1.05. The van der Waals surface area contributed by atoms with Crippen LogP contribution in [-0.2, 0) is 33.3 Å². The Labute approximate surface area is 196 Å². The van der Waals surface area contributed by atoms with Crippen LogP contribution in [0.15, 0.2) is 32.7 Å². The summed E-state index contributed by atoms with van der Waals surface area (Å²) in [6, 6.07) is 4.21. The van der Waals surface area contributed by atoms with E-state index < -0.39 is 47.5 Å². The maximum absolute atomic E-state index is 13.6. The van der Waals surface area contributed by atoms with Crippen molar-refractivity contribution >= 4 is 45.6 Å². The number of ether oxygens (including phenoxy) is 4. The van der Waals surface area contributed by atoms with Crippen LogP contribution >= 0.6 is 27.7 Å². The topological polar surface area (TPSA) is 137 Å². The van der Waals surface area contributed by atoms with Gasteiger partial charge >= 0.3 is 17.9 Å². The summed E-state index contributed by atoms with van der Waals surface area (Å²) in [4.78, 5) is 37.6. The third-order valence-corrected chi connectivity index (χ3v) is 5.51. The van der Waals surface area contributed by atoms with E-state index >= 15 is 0 Å². The third-order valence-electron chi connectivity index (χ3n) is 3.72. The predicted octanol–water partition coefficient (Wildman–Crippen LogP) is 4.15. The first-order chi connectivity index (χ1) is 15.0. The van der Waals surface area contributed by atoms with E-state index in [1.54, 1.807) is 6.92 Å². The van der Waals surface area contributed by atoms with Crippen LogP contribution in [0.25, 0.3) is 10.4 Å². The smallest absolute Gasteiger partial charge is 0.303 e. The Bertz CT molecular complexity index is 865. The lowest BCUT2D eigenvalue weighted by molar-refractivity contribution is -0.169. The lowest BCUT2D eigenvalue weighted by Gasteiger charge is -2.31. The van der Waals surface area contributed by atoms with Gasteiger partial charge in [0.15, 0.2) is 0 Å². The van der Waals surface area contributed by atoms with Gasteiger partial charge < -0.3 is 18.9 Å². The second kappa shape index (κ2) is 13.9. The van der Waals surface area contributed by atoms with Gasteiger partial charge in [-0.15, -0.1) is 0 Å². The van der Waals surface area contributed by atoms with E-state index in [0.29, 0.717) is 4.90 Å². The van der Waals surface area contributed by atoms with Gasteiger partial charge in [-0.25, -0.2) is 4.39 Å². The second-order valence-electron chi connectivity index (χ2n) is 6.42. The Morgan fingerprint density at radius 2 is 1.81 bits per heavy atom. The minimum Gasteiger partial charge on any atom is -0.463 e.